The van der Waals surface area contributed by atoms with Crippen LogP contribution in [0, 0.1) is 6.92 Å². The zero-order chi connectivity index (χ0) is 12.1. The first-order chi connectivity index (χ1) is 8.31. The third kappa shape index (κ3) is 3.20. The van der Waals surface area contributed by atoms with Gasteiger partial charge < -0.3 is 4.74 Å². The third-order valence-corrected chi connectivity index (χ3v) is 3.64. The summed E-state index contributed by atoms with van der Waals surface area (Å²) in [7, 11) is 1.74. The molecule has 0 saturated heterocycles. The van der Waals surface area contributed by atoms with Crippen LogP contribution in [0.1, 0.15) is 12.0 Å². The molecule has 0 amide bonds. The third-order valence-electron chi connectivity index (χ3n) is 2.64. The molecular weight excluding hydrogens is 230 g/mol. The lowest BCUT2D eigenvalue weighted by Gasteiger charge is -2.05. The van der Waals surface area contributed by atoms with E-state index in [9.17, 15) is 0 Å². The zero-order valence-corrected chi connectivity index (χ0v) is 11.1. The first kappa shape index (κ1) is 12.4. The van der Waals surface area contributed by atoms with E-state index in [0.717, 1.165) is 29.3 Å². The van der Waals surface area contributed by atoms with Gasteiger partial charge in [0, 0.05) is 24.9 Å². The second-order valence-corrected chi connectivity index (χ2v) is 5.10. The number of nitrogens with zero attached hydrogens (tertiary/aromatic N) is 1. The molecule has 17 heavy (non-hydrogen) atoms. The van der Waals surface area contributed by atoms with Crippen LogP contribution in [0.15, 0.2) is 35.4 Å². The minimum absolute atomic E-state index is 0.819. The average molecular weight is 247 g/mol. The van der Waals surface area contributed by atoms with Gasteiger partial charge in [0.15, 0.2) is 0 Å². The predicted molar refractivity (Wildman–Crippen MR) is 73.7 cm³/mol. The van der Waals surface area contributed by atoms with Crippen LogP contribution in [-0.2, 0) is 4.74 Å². The summed E-state index contributed by atoms with van der Waals surface area (Å²) in [5.74, 6) is 1.05. The van der Waals surface area contributed by atoms with Crippen LogP contribution in [0.4, 0.5) is 0 Å². The summed E-state index contributed by atoms with van der Waals surface area (Å²) in [6.07, 6.45) is 1.06. The largest absolute Gasteiger partial charge is 0.385 e. The standard InChI is InChI=1S/C14H17NOS/c1-11-10-14(17-9-5-8-16-2)15-13-7-4-3-6-12(11)13/h3-4,6-7,10H,5,8-9H2,1-2H3. The Balaban J connectivity index is 2.13. The van der Waals surface area contributed by atoms with Crippen molar-refractivity contribution in [1.82, 2.24) is 4.98 Å². The van der Waals surface area contributed by atoms with Gasteiger partial charge in [0.1, 0.15) is 0 Å². The van der Waals surface area contributed by atoms with Crippen LogP contribution >= 0.6 is 11.8 Å². The van der Waals surface area contributed by atoms with Gasteiger partial charge in [0.2, 0.25) is 0 Å². The molecule has 0 aliphatic heterocycles. The van der Waals surface area contributed by atoms with E-state index in [-0.39, 0.29) is 0 Å². The van der Waals surface area contributed by atoms with Gasteiger partial charge in [-0.25, -0.2) is 4.98 Å². The Morgan fingerprint density at radius 1 is 1.29 bits per heavy atom. The molecule has 1 aromatic carbocycles. The lowest BCUT2D eigenvalue weighted by Crippen LogP contribution is -1.92. The first-order valence-corrected chi connectivity index (χ1v) is 6.78. The molecule has 1 heterocycles. The lowest BCUT2D eigenvalue weighted by molar-refractivity contribution is 0.200. The molecule has 1 aromatic heterocycles. The maximum absolute atomic E-state index is 5.04. The molecule has 0 atom stereocenters. The summed E-state index contributed by atoms with van der Waals surface area (Å²) in [6, 6.07) is 10.5. The number of aromatic nitrogens is 1. The highest BCUT2D eigenvalue weighted by atomic mass is 32.2. The molecule has 0 spiro atoms. The van der Waals surface area contributed by atoms with Crippen LogP contribution in [0.2, 0.25) is 0 Å². The summed E-state index contributed by atoms with van der Waals surface area (Å²) in [5, 5.41) is 2.35. The molecule has 0 radical (unpaired) electrons. The number of benzene rings is 1. The minimum Gasteiger partial charge on any atom is -0.385 e. The van der Waals surface area contributed by atoms with Crippen molar-refractivity contribution in [3.8, 4) is 0 Å². The molecular formula is C14H17NOS. The predicted octanol–water partition coefficient (Wildman–Crippen LogP) is 3.67. The highest BCUT2D eigenvalue weighted by molar-refractivity contribution is 7.99. The SMILES string of the molecule is COCCCSc1cc(C)c2ccccc2n1. The molecule has 2 rings (SSSR count). The monoisotopic (exact) mass is 247 g/mol. The smallest absolute Gasteiger partial charge is 0.0970 e. The number of rotatable bonds is 5. The Morgan fingerprint density at radius 2 is 2.12 bits per heavy atom. The molecule has 0 aliphatic rings. The number of hydrogen-bond acceptors (Lipinski definition) is 3. The van der Waals surface area contributed by atoms with Gasteiger partial charge in [0.05, 0.1) is 10.5 Å². The molecule has 3 heteroatoms. The number of pyridine rings is 1. The summed E-state index contributed by atoms with van der Waals surface area (Å²) in [6.45, 7) is 2.96. The summed E-state index contributed by atoms with van der Waals surface area (Å²) in [5.41, 5.74) is 2.38. The van der Waals surface area contributed by atoms with Gasteiger partial charge in [-0.05, 0) is 31.0 Å². The maximum Gasteiger partial charge on any atom is 0.0970 e. The molecule has 0 bridgehead atoms. The normalized spacial score (nSPS) is 10.9. The quantitative estimate of drug-likeness (QED) is 0.594. The van der Waals surface area contributed by atoms with Gasteiger partial charge >= 0.3 is 0 Å². The van der Waals surface area contributed by atoms with Crippen molar-refractivity contribution in [2.45, 2.75) is 18.4 Å². The van der Waals surface area contributed by atoms with E-state index in [2.05, 4.69) is 36.2 Å². The Bertz CT molecular complexity index is 499. The molecule has 0 aliphatic carbocycles. The number of hydrogen-bond donors (Lipinski definition) is 0. The second-order valence-electron chi connectivity index (χ2n) is 3.99. The maximum atomic E-state index is 5.04. The van der Waals surface area contributed by atoms with E-state index in [1.54, 1.807) is 18.9 Å². The lowest BCUT2D eigenvalue weighted by atomic mass is 10.1. The van der Waals surface area contributed by atoms with Crippen molar-refractivity contribution >= 4 is 22.7 Å². The van der Waals surface area contributed by atoms with Crippen LogP contribution in [0.25, 0.3) is 10.9 Å². The van der Waals surface area contributed by atoms with E-state index in [1.807, 2.05) is 6.07 Å². The van der Waals surface area contributed by atoms with Crippen molar-refractivity contribution < 1.29 is 4.74 Å². The minimum atomic E-state index is 0.819. The highest BCUT2D eigenvalue weighted by Gasteiger charge is 2.02. The van der Waals surface area contributed by atoms with Gasteiger partial charge in [-0.2, -0.15) is 0 Å². The van der Waals surface area contributed by atoms with Crippen LogP contribution in [0.5, 0.6) is 0 Å². The fourth-order valence-corrected chi connectivity index (χ4v) is 2.67. The molecule has 0 fully saturated rings. The van der Waals surface area contributed by atoms with E-state index in [0.29, 0.717) is 0 Å². The van der Waals surface area contributed by atoms with Crippen LogP contribution in [-0.4, -0.2) is 24.5 Å². The van der Waals surface area contributed by atoms with Crippen LogP contribution < -0.4 is 0 Å². The van der Waals surface area contributed by atoms with Gasteiger partial charge in [-0.3, -0.25) is 0 Å². The van der Waals surface area contributed by atoms with Gasteiger partial charge in [0.25, 0.3) is 0 Å². The first-order valence-electron chi connectivity index (χ1n) is 5.79. The van der Waals surface area contributed by atoms with Crippen LogP contribution in [0.3, 0.4) is 0 Å². The van der Waals surface area contributed by atoms with Crippen molar-refractivity contribution in [2.75, 3.05) is 19.5 Å². The van der Waals surface area contributed by atoms with E-state index in [4.69, 9.17) is 4.74 Å². The van der Waals surface area contributed by atoms with Gasteiger partial charge in [-0.1, -0.05) is 18.2 Å². The fraction of sp³-hybridized carbons (Fsp3) is 0.357. The summed E-state index contributed by atoms with van der Waals surface area (Å²) in [4.78, 5) is 4.66. The van der Waals surface area contributed by atoms with E-state index in [1.165, 1.54) is 10.9 Å². The van der Waals surface area contributed by atoms with E-state index < -0.39 is 0 Å². The fourth-order valence-electron chi connectivity index (χ4n) is 1.77. The number of methoxy groups -OCH3 is 1. The van der Waals surface area contributed by atoms with E-state index >= 15 is 0 Å². The number of ether oxygens (including phenoxy) is 1. The topological polar surface area (TPSA) is 22.1 Å². The Hall–Kier alpha value is -1.06. The van der Waals surface area contributed by atoms with Crippen molar-refractivity contribution in [3.05, 3.63) is 35.9 Å². The van der Waals surface area contributed by atoms with Crippen molar-refractivity contribution in [3.63, 3.8) is 0 Å². The Labute approximate surface area is 106 Å². The summed E-state index contributed by atoms with van der Waals surface area (Å²) < 4.78 is 5.04. The molecule has 0 saturated carbocycles. The average Bonchev–Trinajstić information content (AvgIpc) is 2.35. The van der Waals surface area contributed by atoms with Gasteiger partial charge in [-0.15, -0.1) is 11.8 Å². The summed E-state index contributed by atoms with van der Waals surface area (Å²) >= 11 is 1.80. The van der Waals surface area contributed by atoms with Crippen molar-refractivity contribution in [2.24, 2.45) is 0 Å². The zero-order valence-electron chi connectivity index (χ0n) is 10.3. The van der Waals surface area contributed by atoms with Crippen molar-refractivity contribution in [1.29, 1.82) is 0 Å². The second kappa shape index (κ2) is 6.03. The molecule has 2 nitrogen and oxygen atoms in total. The molecule has 0 N–H and O–H groups in total. The number of aryl methyl sites for hydroxylation is 1. The highest BCUT2D eigenvalue weighted by Crippen LogP contribution is 2.23. The number of para-hydroxylation sites is 1. The number of thioether (sulfide) groups is 1. The molecule has 2 aromatic rings. The molecule has 90 valence electrons. The Morgan fingerprint density at radius 3 is 2.94 bits per heavy atom. The molecule has 0 unspecified atom stereocenters. The number of fused-ring (bicyclic) bond motifs is 1. The Kier molecular flexibility index (Phi) is 4.40.